The number of carbonyl (C=O) groups excluding carboxylic acids is 1. The highest BCUT2D eigenvalue weighted by Gasteiger charge is 2.41. The van der Waals surface area contributed by atoms with Crippen LogP contribution in [0.4, 0.5) is 13.2 Å². The van der Waals surface area contributed by atoms with E-state index in [9.17, 15) is 18.0 Å². The number of halogens is 3. The molecule has 0 saturated heterocycles. The van der Waals surface area contributed by atoms with Crippen LogP contribution < -0.4 is 4.74 Å². The number of alkyl halides is 3. The van der Waals surface area contributed by atoms with Crippen LogP contribution in [0.1, 0.15) is 10.4 Å². The molecule has 2 aromatic rings. The molecule has 0 aliphatic heterocycles. The molecule has 0 unspecified atom stereocenters. The quantitative estimate of drug-likeness (QED) is 0.774. The van der Waals surface area contributed by atoms with Gasteiger partial charge in [0.15, 0.2) is 0 Å². The smallest absolute Gasteiger partial charge is 0.455 e. The van der Waals surface area contributed by atoms with E-state index in [-0.39, 0.29) is 5.88 Å². The zero-order chi connectivity index (χ0) is 13.3. The number of carbonyl (C=O) groups is 1. The minimum Gasteiger partial charge on any atom is -0.480 e. The van der Waals surface area contributed by atoms with Gasteiger partial charge >= 0.3 is 6.18 Å². The highest BCUT2D eigenvalue weighted by atomic mass is 19.4. The van der Waals surface area contributed by atoms with E-state index in [1.165, 1.54) is 7.11 Å². The van der Waals surface area contributed by atoms with Crippen molar-refractivity contribution < 1.29 is 22.7 Å². The predicted molar refractivity (Wildman–Crippen MR) is 58.7 cm³/mol. The molecule has 0 aliphatic rings. The number of rotatable bonds is 2. The average molecular weight is 255 g/mol. The molecule has 1 heterocycles. The van der Waals surface area contributed by atoms with Crippen LogP contribution in [-0.2, 0) is 0 Å². The van der Waals surface area contributed by atoms with Crippen LogP contribution in [0.5, 0.6) is 5.88 Å². The summed E-state index contributed by atoms with van der Waals surface area (Å²) in [4.78, 5) is 15.1. The SMILES string of the molecule is COc1nc2ccccc2cc1C(=O)C(F)(F)F. The molecule has 6 heteroatoms. The molecule has 0 atom stereocenters. The predicted octanol–water partition coefficient (Wildman–Crippen LogP) is 2.99. The fourth-order valence-corrected chi connectivity index (χ4v) is 1.57. The van der Waals surface area contributed by atoms with Crippen molar-refractivity contribution in [3.63, 3.8) is 0 Å². The van der Waals surface area contributed by atoms with Crippen LogP contribution in [0.15, 0.2) is 30.3 Å². The summed E-state index contributed by atoms with van der Waals surface area (Å²) in [6.07, 6.45) is -4.95. The first-order valence-electron chi connectivity index (χ1n) is 4.99. The van der Waals surface area contributed by atoms with Crippen molar-refractivity contribution >= 4 is 16.7 Å². The number of benzene rings is 1. The van der Waals surface area contributed by atoms with Crippen molar-refractivity contribution in [2.24, 2.45) is 0 Å². The largest absolute Gasteiger partial charge is 0.480 e. The number of hydrogen-bond donors (Lipinski definition) is 0. The molecule has 0 bridgehead atoms. The van der Waals surface area contributed by atoms with Crippen molar-refractivity contribution in [3.8, 4) is 5.88 Å². The first-order valence-corrected chi connectivity index (χ1v) is 4.99. The highest BCUT2D eigenvalue weighted by molar-refractivity contribution is 6.04. The lowest BCUT2D eigenvalue weighted by Gasteiger charge is -2.10. The Morgan fingerprint density at radius 1 is 1.28 bits per heavy atom. The molecule has 1 aromatic heterocycles. The Hall–Kier alpha value is -2.11. The molecular formula is C12H8F3NO2. The summed E-state index contributed by atoms with van der Waals surface area (Å²) in [5.74, 6) is -2.28. The first-order chi connectivity index (χ1) is 8.43. The van der Waals surface area contributed by atoms with Gasteiger partial charge in [-0.3, -0.25) is 4.79 Å². The van der Waals surface area contributed by atoms with E-state index in [1.807, 2.05) is 0 Å². The third kappa shape index (κ3) is 2.13. The number of pyridine rings is 1. The third-order valence-electron chi connectivity index (χ3n) is 2.38. The Morgan fingerprint density at radius 3 is 2.56 bits per heavy atom. The number of ketones is 1. The van der Waals surface area contributed by atoms with Gasteiger partial charge in [0.05, 0.1) is 18.2 Å². The lowest BCUT2D eigenvalue weighted by molar-refractivity contribution is -0.0886. The lowest BCUT2D eigenvalue weighted by atomic mass is 10.1. The summed E-state index contributed by atoms with van der Waals surface area (Å²) >= 11 is 0. The molecule has 2 rings (SSSR count). The molecule has 0 N–H and O–H groups in total. The number of fused-ring (bicyclic) bond motifs is 1. The molecule has 0 saturated carbocycles. The van der Waals surface area contributed by atoms with Gasteiger partial charge in [0, 0.05) is 5.39 Å². The van der Waals surface area contributed by atoms with Gasteiger partial charge in [-0.2, -0.15) is 13.2 Å². The normalized spacial score (nSPS) is 11.6. The van der Waals surface area contributed by atoms with Crippen molar-refractivity contribution in [1.29, 1.82) is 0 Å². The Morgan fingerprint density at radius 2 is 1.94 bits per heavy atom. The van der Waals surface area contributed by atoms with E-state index in [0.717, 1.165) is 6.07 Å². The van der Waals surface area contributed by atoms with Crippen LogP contribution in [0.2, 0.25) is 0 Å². The summed E-state index contributed by atoms with van der Waals surface area (Å²) in [5.41, 5.74) is -0.114. The minimum absolute atomic E-state index is 0.323. The maximum atomic E-state index is 12.4. The topological polar surface area (TPSA) is 39.2 Å². The fourth-order valence-electron chi connectivity index (χ4n) is 1.57. The second kappa shape index (κ2) is 4.29. The molecule has 0 radical (unpaired) electrons. The Balaban J connectivity index is 2.66. The van der Waals surface area contributed by atoms with Crippen molar-refractivity contribution in [2.45, 2.75) is 6.18 Å². The molecule has 0 amide bonds. The van der Waals surface area contributed by atoms with Gasteiger partial charge in [-0.1, -0.05) is 18.2 Å². The van der Waals surface area contributed by atoms with Gasteiger partial charge in [-0.05, 0) is 12.1 Å². The van der Waals surface area contributed by atoms with E-state index >= 15 is 0 Å². The molecule has 94 valence electrons. The molecule has 1 aromatic carbocycles. The Labute approximate surface area is 100 Å². The van der Waals surface area contributed by atoms with Crippen LogP contribution in [-0.4, -0.2) is 24.1 Å². The maximum absolute atomic E-state index is 12.4. The summed E-state index contributed by atoms with van der Waals surface area (Å²) in [6, 6.07) is 7.68. The first kappa shape index (κ1) is 12.3. The van der Waals surface area contributed by atoms with Gasteiger partial charge in [0.2, 0.25) is 5.88 Å². The summed E-state index contributed by atoms with van der Waals surface area (Å²) in [6.45, 7) is 0. The van der Waals surface area contributed by atoms with Gasteiger partial charge in [-0.15, -0.1) is 0 Å². The van der Waals surface area contributed by atoms with E-state index in [1.54, 1.807) is 24.3 Å². The van der Waals surface area contributed by atoms with E-state index in [2.05, 4.69) is 4.98 Å². The van der Waals surface area contributed by atoms with Crippen LogP contribution in [0.25, 0.3) is 10.9 Å². The van der Waals surface area contributed by atoms with Gasteiger partial charge in [0.25, 0.3) is 5.78 Å². The number of nitrogens with zero attached hydrogens (tertiary/aromatic N) is 1. The summed E-state index contributed by atoms with van der Waals surface area (Å²) in [5, 5.41) is 0.450. The van der Waals surface area contributed by atoms with Crippen LogP contribution >= 0.6 is 0 Å². The van der Waals surface area contributed by atoms with Crippen molar-refractivity contribution in [2.75, 3.05) is 7.11 Å². The van der Waals surface area contributed by atoms with E-state index < -0.39 is 17.5 Å². The molecule has 18 heavy (non-hydrogen) atoms. The Bertz CT molecular complexity index is 608. The molecule has 3 nitrogen and oxygen atoms in total. The van der Waals surface area contributed by atoms with Crippen LogP contribution in [0, 0.1) is 0 Å². The van der Waals surface area contributed by atoms with Gasteiger partial charge < -0.3 is 4.74 Å². The zero-order valence-corrected chi connectivity index (χ0v) is 9.28. The van der Waals surface area contributed by atoms with E-state index in [0.29, 0.717) is 10.9 Å². The number of ether oxygens (including phenoxy) is 1. The number of methoxy groups -OCH3 is 1. The standard InChI is InChI=1S/C12H8F3NO2/c1-18-11-8(10(17)12(13,14)15)6-7-4-2-3-5-9(7)16-11/h2-6H,1H3. The number of para-hydroxylation sites is 1. The number of Topliss-reactive ketones (excluding diaryl/α,β-unsaturated/α-hetero) is 1. The van der Waals surface area contributed by atoms with Crippen molar-refractivity contribution in [3.05, 3.63) is 35.9 Å². The lowest BCUT2D eigenvalue weighted by Crippen LogP contribution is -2.23. The number of hydrogen-bond acceptors (Lipinski definition) is 3. The molecule has 0 spiro atoms. The van der Waals surface area contributed by atoms with Gasteiger partial charge in [-0.25, -0.2) is 4.98 Å². The zero-order valence-electron chi connectivity index (χ0n) is 9.28. The monoisotopic (exact) mass is 255 g/mol. The average Bonchev–Trinajstić information content (AvgIpc) is 2.35. The second-order valence-electron chi connectivity index (χ2n) is 3.56. The fraction of sp³-hybridized carbons (Fsp3) is 0.167. The maximum Gasteiger partial charge on any atom is 0.455 e. The van der Waals surface area contributed by atoms with Crippen molar-refractivity contribution in [1.82, 2.24) is 4.98 Å². The molecule has 0 fully saturated rings. The minimum atomic E-state index is -4.95. The van der Waals surface area contributed by atoms with Gasteiger partial charge in [0.1, 0.15) is 0 Å². The highest BCUT2D eigenvalue weighted by Crippen LogP contribution is 2.28. The molecule has 0 aliphatic carbocycles. The van der Waals surface area contributed by atoms with Crippen LogP contribution in [0.3, 0.4) is 0 Å². The summed E-state index contributed by atoms with van der Waals surface area (Å²) in [7, 11) is 1.17. The number of aromatic nitrogens is 1. The third-order valence-corrected chi connectivity index (χ3v) is 2.38. The second-order valence-corrected chi connectivity index (χ2v) is 3.56. The Kier molecular flexibility index (Phi) is 2.94. The summed E-state index contributed by atoms with van der Waals surface area (Å²) < 4.78 is 42.0. The van der Waals surface area contributed by atoms with E-state index in [4.69, 9.17) is 4.74 Å². The molecular weight excluding hydrogens is 247 g/mol.